The summed E-state index contributed by atoms with van der Waals surface area (Å²) in [5, 5.41) is 12.2. The summed E-state index contributed by atoms with van der Waals surface area (Å²) in [5.74, 6) is 0. The van der Waals surface area contributed by atoms with Gasteiger partial charge < -0.3 is 20.7 Å². The molecule has 0 spiro atoms. The molecule has 3 rings (SSSR count). The van der Waals surface area contributed by atoms with Gasteiger partial charge in [-0.3, -0.25) is 4.98 Å². The number of aromatic nitrogens is 1. The van der Waals surface area contributed by atoms with E-state index in [-0.39, 0.29) is 12.6 Å². The first-order valence-corrected chi connectivity index (χ1v) is 8.53. The zero-order valence-electron chi connectivity index (χ0n) is 14.4. The van der Waals surface area contributed by atoms with Crippen LogP contribution >= 0.6 is 0 Å². The van der Waals surface area contributed by atoms with Crippen LogP contribution < -0.4 is 16.0 Å². The van der Waals surface area contributed by atoms with Crippen molar-refractivity contribution in [3.63, 3.8) is 0 Å². The molecule has 2 aromatic rings. The monoisotopic (exact) mass is 351 g/mol. The quantitative estimate of drug-likeness (QED) is 0.877. The first kappa shape index (κ1) is 17.5. The topological polar surface area (TPSA) is 104 Å². The molecule has 1 saturated heterocycles. The summed E-state index contributed by atoms with van der Waals surface area (Å²) in [4.78, 5) is 18.1. The van der Waals surface area contributed by atoms with Crippen molar-refractivity contribution in [2.24, 2.45) is 0 Å². The van der Waals surface area contributed by atoms with Gasteiger partial charge in [0, 0.05) is 25.3 Å². The molecule has 1 aliphatic rings. The van der Waals surface area contributed by atoms with Gasteiger partial charge in [-0.25, -0.2) is 4.79 Å². The molecule has 1 fully saturated rings. The summed E-state index contributed by atoms with van der Waals surface area (Å²) >= 11 is 0. The van der Waals surface area contributed by atoms with Gasteiger partial charge in [0.2, 0.25) is 0 Å². The van der Waals surface area contributed by atoms with Gasteiger partial charge in [0.1, 0.15) is 12.7 Å². The number of carbonyl (C=O) groups excluding carboxylic acids is 1. The summed E-state index contributed by atoms with van der Waals surface area (Å²) in [6.45, 7) is 1.59. The highest BCUT2D eigenvalue weighted by atomic mass is 16.5. The molecule has 1 atom stereocenters. The number of nitrogens with one attached hydrogen (secondary N) is 1. The summed E-state index contributed by atoms with van der Waals surface area (Å²) in [6, 6.07) is 11.6. The largest absolute Gasteiger partial charge is 0.445 e. The number of ether oxygens (including phenoxy) is 1. The molecule has 1 unspecified atom stereocenters. The molecule has 1 amide bonds. The van der Waals surface area contributed by atoms with Gasteiger partial charge in [0.15, 0.2) is 0 Å². The Morgan fingerprint density at radius 3 is 2.96 bits per heavy atom. The van der Waals surface area contributed by atoms with E-state index in [4.69, 9.17) is 10.5 Å². The maximum Gasteiger partial charge on any atom is 0.407 e. The third-order valence-electron chi connectivity index (χ3n) is 4.34. The molecule has 0 bridgehead atoms. The van der Waals surface area contributed by atoms with Crippen molar-refractivity contribution >= 4 is 17.5 Å². The van der Waals surface area contributed by atoms with Gasteiger partial charge in [0.25, 0.3) is 0 Å². The molecule has 0 saturated carbocycles. The number of piperidine rings is 1. The molecular weight excluding hydrogens is 330 g/mol. The van der Waals surface area contributed by atoms with E-state index in [9.17, 15) is 10.1 Å². The Labute approximate surface area is 152 Å². The maximum absolute atomic E-state index is 12.1. The lowest BCUT2D eigenvalue weighted by Crippen LogP contribution is -2.48. The molecule has 7 nitrogen and oxygen atoms in total. The average molecular weight is 351 g/mol. The van der Waals surface area contributed by atoms with Gasteiger partial charge in [-0.15, -0.1) is 0 Å². The van der Waals surface area contributed by atoms with E-state index in [2.05, 4.69) is 16.4 Å². The highest BCUT2D eigenvalue weighted by Gasteiger charge is 2.25. The third kappa shape index (κ3) is 4.22. The molecule has 0 aliphatic carbocycles. The number of rotatable bonds is 4. The summed E-state index contributed by atoms with van der Waals surface area (Å²) in [6.07, 6.45) is 4.35. The van der Waals surface area contributed by atoms with Crippen molar-refractivity contribution in [1.82, 2.24) is 10.3 Å². The van der Waals surface area contributed by atoms with Crippen LogP contribution in [-0.2, 0) is 11.3 Å². The minimum Gasteiger partial charge on any atom is -0.445 e. The highest BCUT2D eigenvalue weighted by Crippen LogP contribution is 2.29. The number of nitrogen functional groups attached to an aromatic ring is 1. The van der Waals surface area contributed by atoms with E-state index in [0.717, 1.165) is 24.9 Å². The molecule has 2 heterocycles. The number of hydrogen-bond donors (Lipinski definition) is 2. The molecular formula is C19H21N5O2. The van der Waals surface area contributed by atoms with Crippen LogP contribution in [-0.4, -0.2) is 30.2 Å². The van der Waals surface area contributed by atoms with E-state index in [1.54, 1.807) is 6.20 Å². The van der Waals surface area contributed by atoms with Crippen molar-refractivity contribution in [1.29, 1.82) is 5.26 Å². The molecule has 7 heteroatoms. The smallest absolute Gasteiger partial charge is 0.407 e. The zero-order valence-corrected chi connectivity index (χ0v) is 14.4. The Morgan fingerprint density at radius 1 is 1.38 bits per heavy atom. The Morgan fingerprint density at radius 2 is 2.19 bits per heavy atom. The fourth-order valence-corrected chi connectivity index (χ4v) is 3.13. The number of alkyl carbamates (subject to hydrolysis) is 1. The Balaban J connectivity index is 1.59. The van der Waals surface area contributed by atoms with Crippen LogP contribution in [0.1, 0.15) is 24.0 Å². The zero-order chi connectivity index (χ0) is 18.4. The first-order chi connectivity index (χ1) is 12.7. The van der Waals surface area contributed by atoms with Gasteiger partial charge in [-0.1, -0.05) is 30.3 Å². The number of benzene rings is 1. The first-order valence-electron chi connectivity index (χ1n) is 8.53. The van der Waals surface area contributed by atoms with Crippen LogP contribution in [0, 0.1) is 11.3 Å². The second-order valence-corrected chi connectivity index (χ2v) is 6.23. The van der Waals surface area contributed by atoms with Gasteiger partial charge in [-0.2, -0.15) is 5.26 Å². The van der Waals surface area contributed by atoms with Crippen LogP contribution in [0.4, 0.5) is 16.2 Å². The standard InChI is InChI=1S/C19H21N5O2/c20-9-15-10-22-11-17(21)18(15)24-8-4-7-16(12-24)23-19(25)26-13-14-5-2-1-3-6-14/h1-3,5-6,10-11,16H,4,7-8,12-13,21H2,(H,23,25). The lowest BCUT2D eigenvalue weighted by molar-refractivity contribution is 0.134. The van der Waals surface area contributed by atoms with E-state index in [0.29, 0.717) is 23.5 Å². The minimum atomic E-state index is -0.441. The van der Waals surface area contributed by atoms with Crippen molar-refractivity contribution in [2.75, 3.05) is 23.7 Å². The number of nitrogens with two attached hydrogens (primary N) is 1. The number of carbonyl (C=O) groups is 1. The summed E-state index contributed by atoms with van der Waals surface area (Å²) in [5.41, 5.74) is 8.56. The lowest BCUT2D eigenvalue weighted by atomic mass is 10.0. The minimum absolute atomic E-state index is 0.0638. The number of nitrogens with zero attached hydrogens (tertiary/aromatic N) is 3. The number of nitriles is 1. The Bertz CT molecular complexity index is 803. The van der Waals surface area contributed by atoms with E-state index < -0.39 is 6.09 Å². The van der Waals surface area contributed by atoms with E-state index in [1.807, 2.05) is 35.2 Å². The van der Waals surface area contributed by atoms with E-state index >= 15 is 0 Å². The second kappa shape index (κ2) is 8.21. The maximum atomic E-state index is 12.1. The van der Waals surface area contributed by atoms with Crippen LogP contribution in [0.15, 0.2) is 42.7 Å². The predicted octanol–water partition coefficient (Wildman–Crippen LogP) is 2.43. The van der Waals surface area contributed by atoms with Crippen molar-refractivity contribution in [3.8, 4) is 6.07 Å². The molecule has 3 N–H and O–H groups in total. The van der Waals surface area contributed by atoms with Crippen LogP contribution in [0.5, 0.6) is 0 Å². The molecule has 26 heavy (non-hydrogen) atoms. The molecule has 1 aromatic heterocycles. The predicted molar refractivity (Wildman–Crippen MR) is 98.4 cm³/mol. The fourth-order valence-electron chi connectivity index (χ4n) is 3.13. The lowest BCUT2D eigenvalue weighted by Gasteiger charge is -2.35. The average Bonchev–Trinajstić information content (AvgIpc) is 2.67. The summed E-state index contributed by atoms with van der Waals surface area (Å²) < 4.78 is 5.28. The van der Waals surface area contributed by atoms with Crippen molar-refractivity contribution < 1.29 is 9.53 Å². The van der Waals surface area contributed by atoms with Crippen LogP contribution in [0.3, 0.4) is 0 Å². The normalized spacial score (nSPS) is 16.6. The van der Waals surface area contributed by atoms with Crippen LogP contribution in [0.25, 0.3) is 0 Å². The molecule has 1 aliphatic heterocycles. The molecule has 1 aromatic carbocycles. The number of anilines is 2. The Hall–Kier alpha value is -3.27. The number of pyridine rings is 1. The fraction of sp³-hybridized carbons (Fsp3) is 0.316. The van der Waals surface area contributed by atoms with Crippen LogP contribution in [0.2, 0.25) is 0 Å². The van der Waals surface area contributed by atoms with Crippen molar-refractivity contribution in [2.45, 2.75) is 25.5 Å². The van der Waals surface area contributed by atoms with Gasteiger partial charge >= 0.3 is 6.09 Å². The van der Waals surface area contributed by atoms with Crippen molar-refractivity contribution in [3.05, 3.63) is 53.9 Å². The number of amides is 1. The third-order valence-corrected chi connectivity index (χ3v) is 4.34. The Kier molecular flexibility index (Phi) is 5.54. The summed E-state index contributed by atoms with van der Waals surface area (Å²) in [7, 11) is 0. The highest BCUT2D eigenvalue weighted by molar-refractivity contribution is 5.74. The number of hydrogen-bond acceptors (Lipinski definition) is 6. The van der Waals surface area contributed by atoms with E-state index in [1.165, 1.54) is 6.20 Å². The van der Waals surface area contributed by atoms with Gasteiger partial charge in [-0.05, 0) is 18.4 Å². The SMILES string of the molecule is N#Cc1cncc(N)c1N1CCCC(NC(=O)OCc2ccccc2)C1. The molecule has 134 valence electrons. The second-order valence-electron chi connectivity index (χ2n) is 6.23. The van der Waals surface area contributed by atoms with Gasteiger partial charge in [0.05, 0.1) is 23.1 Å². The molecule has 0 radical (unpaired) electrons.